The van der Waals surface area contributed by atoms with Crippen molar-refractivity contribution in [3.05, 3.63) is 42.0 Å². The highest BCUT2D eigenvalue weighted by molar-refractivity contribution is 14.1. The van der Waals surface area contributed by atoms with E-state index in [9.17, 15) is 8.42 Å². The van der Waals surface area contributed by atoms with Gasteiger partial charge in [0.1, 0.15) is 3.72 Å². The van der Waals surface area contributed by atoms with Gasteiger partial charge in [0.2, 0.25) is 0 Å². The van der Waals surface area contributed by atoms with Gasteiger partial charge >= 0.3 is 0 Å². The fraction of sp³-hybridized carbons (Fsp3) is 0. The molecule has 0 saturated carbocycles. The first-order valence-electron chi connectivity index (χ1n) is 3.87. The van der Waals surface area contributed by atoms with E-state index >= 15 is 0 Å². The third-order valence-electron chi connectivity index (χ3n) is 1.79. The van der Waals surface area contributed by atoms with Gasteiger partial charge < -0.3 is 0 Å². The molecule has 5 heteroatoms. The van der Waals surface area contributed by atoms with E-state index in [1.54, 1.807) is 30.3 Å². The minimum absolute atomic E-state index is 0.280. The van der Waals surface area contributed by atoms with Crippen LogP contribution in [0.25, 0.3) is 4.91 Å². The molecule has 0 bridgehead atoms. The summed E-state index contributed by atoms with van der Waals surface area (Å²) in [6.07, 6.45) is 1.57. The van der Waals surface area contributed by atoms with Crippen LogP contribution in [0.1, 0.15) is 5.56 Å². The maximum absolute atomic E-state index is 11.5. The Kier molecular flexibility index (Phi) is 2.44. The van der Waals surface area contributed by atoms with Gasteiger partial charge in [-0.15, -0.1) is 0 Å². The molecule has 2 rings (SSSR count). The highest BCUT2D eigenvalue weighted by Gasteiger charge is 2.24. The van der Waals surface area contributed by atoms with Gasteiger partial charge in [0.25, 0.3) is 10.0 Å². The molecule has 3 nitrogen and oxygen atoms in total. The summed E-state index contributed by atoms with van der Waals surface area (Å²) in [7, 11) is -3.45. The summed E-state index contributed by atoms with van der Waals surface area (Å²) in [4.78, 5) is 0.280. The third kappa shape index (κ3) is 1.74. The highest BCUT2D eigenvalue weighted by Crippen LogP contribution is 2.28. The second kappa shape index (κ2) is 3.47. The Morgan fingerprint density at radius 1 is 1.14 bits per heavy atom. The molecular formula is C9H6INO2S. The Morgan fingerprint density at radius 2 is 1.79 bits per heavy atom. The van der Waals surface area contributed by atoms with Crippen LogP contribution in [0.3, 0.4) is 0 Å². The van der Waals surface area contributed by atoms with Crippen molar-refractivity contribution < 1.29 is 8.42 Å². The fourth-order valence-electron chi connectivity index (χ4n) is 1.21. The fourth-order valence-corrected chi connectivity index (χ4v) is 3.58. The van der Waals surface area contributed by atoms with Crippen LogP contribution >= 0.6 is 22.6 Å². The van der Waals surface area contributed by atoms with E-state index in [0.717, 1.165) is 0 Å². The van der Waals surface area contributed by atoms with Crippen molar-refractivity contribution in [2.45, 2.75) is 0 Å². The predicted molar refractivity (Wildman–Crippen MR) is 64.8 cm³/mol. The molecule has 14 heavy (non-hydrogen) atoms. The zero-order valence-corrected chi connectivity index (χ0v) is 9.99. The highest BCUT2D eigenvalue weighted by atomic mass is 127. The van der Waals surface area contributed by atoms with Crippen molar-refractivity contribution in [3.8, 4) is 0 Å². The number of rotatable bonds is 1. The van der Waals surface area contributed by atoms with E-state index in [1.165, 1.54) is 0 Å². The van der Waals surface area contributed by atoms with Crippen LogP contribution in [0.15, 0.2) is 40.8 Å². The summed E-state index contributed by atoms with van der Waals surface area (Å²) in [6, 6.07) is 8.97. The molecule has 1 heterocycles. The van der Waals surface area contributed by atoms with Crippen molar-refractivity contribution >= 4 is 41.2 Å². The largest absolute Gasteiger partial charge is 0.283 e. The van der Waals surface area contributed by atoms with Crippen LogP contribution in [-0.4, -0.2) is 12.1 Å². The molecule has 0 aliphatic carbocycles. The average Bonchev–Trinajstić information content (AvgIpc) is 2.41. The van der Waals surface area contributed by atoms with Crippen molar-refractivity contribution in [1.29, 1.82) is 0 Å². The van der Waals surface area contributed by atoms with Crippen LogP contribution in [0, 0.1) is 0 Å². The summed E-state index contributed by atoms with van der Waals surface area (Å²) in [6.45, 7) is 0. The number of hydrogen-bond acceptors (Lipinski definition) is 2. The SMILES string of the molecule is O=S1(=O)N=C(I)C=C1c1ccccc1. The quantitative estimate of drug-likeness (QED) is 0.745. The Morgan fingerprint density at radius 3 is 2.29 bits per heavy atom. The van der Waals surface area contributed by atoms with Gasteiger partial charge in [-0.3, -0.25) is 0 Å². The average molecular weight is 319 g/mol. The van der Waals surface area contributed by atoms with Gasteiger partial charge in [-0.2, -0.15) is 12.8 Å². The number of sulfonamides is 1. The lowest BCUT2D eigenvalue weighted by Crippen LogP contribution is -1.94. The summed E-state index contributed by atoms with van der Waals surface area (Å²) in [5, 5.41) is 0. The Labute approximate surface area is 95.7 Å². The summed E-state index contributed by atoms with van der Waals surface area (Å²) in [5.41, 5.74) is 0.683. The molecule has 0 N–H and O–H groups in total. The summed E-state index contributed by atoms with van der Waals surface area (Å²) < 4.78 is 27.1. The predicted octanol–water partition coefficient (Wildman–Crippen LogP) is 2.20. The molecule has 0 spiro atoms. The van der Waals surface area contributed by atoms with Crippen LogP contribution in [0.4, 0.5) is 0 Å². The molecule has 1 aromatic carbocycles. The lowest BCUT2D eigenvalue weighted by atomic mass is 10.2. The molecule has 1 aliphatic heterocycles. The van der Waals surface area contributed by atoms with E-state index in [1.807, 2.05) is 28.7 Å². The topological polar surface area (TPSA) is 46.5 Å². The maximum Gasteiger partial charge on any atom is 0.283 e. The minimum Gasteiger partial charge on any atom is -0.199 e. The van der Waals surface area contributed by atoms with E-state index in [-0.39, 0.29) is 4.91 Å². The molecule has 1 aliphatic rings. The molecule has 1 aromatic rings. The molecule has 0 atom stereocenters. The maximum atomic E-state index is 11.5. The van der Waals surface area contributed by atoms with Gasteiger partial charge in [-0.1, -0.05) is 30.3 Å². The second-order valence-corrected chi connectivity index (χ2v) is 5.44. The first kappa shape index (κ1) is 9.85. The number of allylic oxidation sites excluding steroid dienone is 1. The number of nitrogens with zero attached hydrogens (tertiary/aromatic N) is 1. The Balaban J connectivity index is 2.55. The lowest BCUT2D eigenvalue weighted by molar-refractivity contribution is 0.608. The molecule has 0 amide bonds. The molecule has 0 fully saturated rings. The van der Waals surface area contributed by atoms with E-state index in [2.05, 4.69) is 4.40 Å². The monoisotopic (exact) mass is 319 g/mol. The second-order valence-electron chi connectivity index (χ2n) is 2.76. The van der Waals surface area contributed by atoms with Crippen LogP contribution in [-0.2, 0) is 10.0 Å². The van der Waals surface area contributed by atoms with Crippen LogP contribution < -0.4 is 0 Å². The number of halogens is 1. The van der Waals surface area contributed by atoms with Gasteiger partial charge in [-0.05, 0) is 34.2 Å². The van der Waals surface area contributed by atoms with Crippen molar-refractivity contribution in [2.75, 3.05) is 0 Å². The van der Waals surface area contributed by atoms with Gasteiger partial charge in [0.15, 0.2) is 0 Å². The van der Waals surface area contributed by atoms with Gasteiger partial charge in [0, 0.05) is 0 Å². The van der Waals surface area contributed by atoms with E-state index < -0.39 is 10.0 Å². The van der Waals surface area contributed by atoms with Crippen molar-refractivity contribution in [3.63, 3.8) is 0 Å². The molecule has 0 unspecified atom stereocenters. The Bertz CT molecular complexity index is 517. The standard InChI is InChI=1S/C9H6INO2S/c10-9-6-8(14(12,13)11-9)7-4-2-1-3-5-7/h1-6H. The van der Waals surface area contributed by atoms with Gasteiger partial charge in [-0.25, -0.2) is 0 Å². The normalized spacial score (nSPS) is 18.9. The zero-order chi connectivity index (χ0) is 10.2. The van der Waals surface area contributed by atoms with E-state index in [0.29, 0.717) is 9.28 Å². The summed E-state index contributed by atoms with van der Waals surface area (Å²) >= 11 is 1.89. The molecule has 0 saturated heterocycles. The zero-order valence-electron chi connectivity index (χ0n) is 7.01. The minimum atomic E-state index is -3.45. The van der Waals surface area contributed by atoms with E-state index in [4.69, 9.17) is 0 Å². The summed E-state index contributed by atoms with van der Waals surface area (Å²) in [5.74, 6) is 0. The van der Waals surface area contributed by atoms with Gasteiger partial charge in [0.05, 0.1) is 4.91 Å². The lowest BCUT2D eigenvalue weighted by Gasteiger charge is -1.99. The first-order chi connectivity index (χ1) is 6.59. The van der Waals surface area contributed by atoms with Crippen molar-refractivity contribution in [1.82, 2.24) is 0 Å². The third-order valence-corrected chi connectivity index (χ3v) is 4.02. The smallest absolute Gasteiger partial charge is 0.199 e. The van der Waals surface area contributed by atoms with Crippen molar-refractivity contribution in [2.24, 2.45) is 4.40 Å². The molecule has 0 radical (unpaired) electrons. The van der Waals surface area contributed by atoms with Crippen LogP contribution in [0.2, 0.25) is 0 Å². The van der Waals surface area contributed by atoms with Crippen LogP contribution in [0.5, 0.6) is 0 Å². The molecular weight excluding hydrogens is 313 g/mol. The first-order valence-corrected chi connectivity index (χ1v) is 6.39. The molecule has 72 valence electrons. The Hall–Kier alpha value is -0.690. The number of hydrogen-bond donors (Lipinski definition) is 0. The molecule has 0 aromatic heterocycles. The number of benzene rings is 1.